The molecule has 4 aromatic rings. The van der Waals surface area contributed by atoms with Crippen molar-refractivity contribution < 1.29 is 17.2 Å². The van der Waals surface area contributed by atoms with Crippen molar-refractivity contribution in [3.05, 3.63) is 71.2 Å². The third-order valence-corrected chi connectivity index (χ3v) is 4.80. The van der Waals surface area contributed by atoms with Crippen LogP contribution in [0.3, 0.4) is 0 Å². The molecule has 7 heteroatoms. The van der Waals surface area contributed by atoms with Crippen molar-refractivity contribution in [3.63, 3.8) is 0 Å². The number of rotatable bonds is 3. The predicted octanol–water partition coefficient (Wildman–Crippen LogP) is 0.288. The van der Waals surface area contributed by atoms with Gasteiger partial charge in [0.1, 0.15) is 11.4 Å². The fourth-order valence-electron chi connectivity index (χ4n) is 2.38. The maximum Gasteiger partial charge on any atom is 0.364 e. The lowest BCUT2D eigenvalue weighted by Crippen LogP contribution is -3.00. The number of para-hydroxylation sites is 1. The highest BCUT2D eigenvalue weighted by molar-refractivity contribution is 7.13. The number of thiazole rings is 1. The Morgan fingerprint density at radius 1 is 0.920 bits per heavy atom. The second kappa shape index (κ2) is 7.13. The van der Waals surface area contributed by atoms with Gasteiger partial charge in [-0.25, -0.2) is 0 Å². The van der Waals surface area contributed by atoms with E-state index in [4.69, 9.17) is 10.2 Å². The summed E-state index contributed by atoms with van der Waals surface area (Å²) >= 11 is 1.61. The number of aryl methyl sites for hydroxylation is 2. The monoisotopic (exact) mass is 369 g/mol. The normalized spacial score (nSPS) is 10.5. The van der Waals surface area contributed by atoms with Gasteiger partial charge < -0.3 is 12.4 Å². The van der Waals surface area contributed by atoms with Crippen LogP contribution in [0.4, 0.5) is 0 Å². The standard InChI is InChI=1S/C18H16N5S.ClH/c1-13-14(2)24-18(19-13)23-21-17(15-9-5-3-6-10-15)20-22(23)16-11-7-4-8-12-16;/h3-12H,1-2H3;1H/q+1;/p-1. The zero-order chi connectivity index (χ0) is 16.5. The SMILES string of the molecule is Cc1nc(-[n+]2nc(-c3ccccc3)nn2-c2ccccc2)sc1C.[Cl-]. The van der Waals surface area contributed by atoms with Crippen LogP contribution in [-0.4, -0.2) is 20.0 Å². The van der Waals surface area contributed by atoms with E-state index >= 15 is 0 Å². The zero-order valence-electron chi connectivity index (χ0n) is 13.8. The molecule has 0 atom stereocenters. The van der Waals surface area contributed by atoms with Crippen molar-refractivity contribution in [2.45, 2.75) is 13.8 Å². The topological polar surface area (TPSA) is 47.5 Å². The van der Waals surface area contributed by atoms with E-state index in [0.29, 0.717) is 5.82 Å². The molecule has 2 aromatic heterocycles. The first-order valence-corrected chi connectivity index (χ1v) is 8.49. The van der Waals surface area contributed by atoms with E-state index < -0.39 is 0 Å². The van der Waals surface area contributed by atoms with Crippen LogP contribution in [0.25, 0.3) is 22.2 Å². The number of hydrogen-bond acceptors (Lipinski definition) is 4. The largest absolute Gasteiger partial charge is 1.00 e. The van der Waals surface area contributed by atoms with E-state index in [1.807, 2.05) is 67.6 Å². The van der Waals surface area contributed by atoms with Gasteiger partial charge in [-0.1, -0.05) is 52.7 Å². The molecule has 0 fully saturated rings. The Kier molecular flexibility index (Phi) is 4.92. The minimum Gasteiger partial charge on any atom is -1.00 e. The Balaban J connectivity index is 0.00000182. The average molecular weight is 370 g/mol. The summed E-state index contributed by atoms with van der Waals surface area (Å²) in [4.78, 5) is 9.37. The molecular formula is C18H16ClN5S. The van der Waals surface area contributed by atoms with E-state index in [9.17, 15) is 0 Å². The van der Waals surface area contributed by atoms with Crippen molar-refractivity contribution in [2.75, 3.05) is 0 Å². The summed E-state index contributed by atoms with van der Waals surface area (Å²) in [6.07, 6.45) is 0. The van der Waals surface area contributed by atoms with Crippen LogP contribution in [-0.2, 0) is 0 Å². The molecule has 4 rings (SSSR count). The molecule has 0 aliphatic heterocycles. The van der Waals surface area contributed by atoms with Crippen molar-refractivity contribution >= 4 is 11.3 Å². The Morgan fingerprint density at radius 3 is 2.16 bits per heavy atom. The van der Waals surface area contributed by atoms with Crippen LogP contribution in [0.2, 0.25) is 0 Å². The first-order valence-electron chi connectivity index (χ1n) is 7.67. The summed E-state index contributed by atoms with van der Waals surface area (Å²) in [7, 11) is 0. The highest BCUT2D eigenvalue weighted by Crippen LogP contribution is 2.18. The Hall–Kier alpha value is -2.57. The van der Waals surface area contributed by atoms with Gasteiger partial charge in [-0.2, -0.15) is 0 Å². The van der Waals surface area contributed by atoms with E-state index in [1.54, 1.807) is 20.9 Å². The maximum absolute atomic E-state index is 4.70. The number of aromatic nitrogens is 5. The molecule has 0 radical (unpaired) electrons. The molecule has 5 nitrogen and oxygen atoms in total. The second-order valence-corrected chi connectivity index (χ2v) is 6.62. The lowest BCUT2D eigenvalue weighted by Gasteiger charge is -1.97. The summed E-state index contributed by atoms with van der Waals surface area (Å²) in [5.41, 5.74) is 2.94. The molecule has 126 valence electrons. The smallest absolute Gasteiger partial charge is 0.364 e. The second-order valence-electron chi connectivity index (χ2n) is 5.44. The van der Waals surface area contributed by atoms with Gasteiger partial charge in [-0.3, -0.25) is 0 Å². The van der Waals surface area contributed by atoms with Gasteiger partial charge in [-0.15, -0.1) is 0 Å². The number of hydrogen-bond donors (Lipinski definition) is 0. The highest BCUT2D eigenvalue weighted by Gasteiger charge is 2.24. The predicted molar refractivity (Wildman–Crippen MR) is 93.5 cm³/mol. The molecule has 2 heterocycles. The van der Waals surface area contributed by atoms with Crippen LogP contribution < -0.4 is 17.2 Å². The number of tetrazole rings is 1. The van der Waals surface area contributed by atoms with E-state index in [2.05, 4.69) is 11.9 Å². The molecule has 0 aliphatic carbocycles. The molecule has 0 saturated heterocycles. The molecule has 0 spiro atoms. The van der Waals surface area contributed by atoms with Crippen LogP contribution >= 0.6 is 11.3 Å². The van der Waals surface area contributed by atoms with E-state index in [1.165, 1.54) is 4.88 Å². The molecule has 0 aliphatic rings. The number of halogens is 1. The maximum atomic E-state index is 4.70. The van der Waals surface area contributed by atoms with Gasteiger partial charge >= 0.3 is 5.13 Å². The minimum atomic E-state index is 0. The quantitative estimate of drug-likeness (QED) is 0.488. The van der Waals surface area contributed by atoms with Crippen LogP contribution in [0.1, 0.15) is 10.6 Å². The molecule has 0 N–H and O–H groups in total. The van der Waals surface area contributed by atoms with Crippen LogP contribution in [0, 0.1) is 13.8 Å². The summed E-state index contributed by atoms with van der Waals surface area (Å²) in [6.45, 7) is 4.08. The molecule has 0 amide bonds. The lowest BCUT2D eigenvalue weighted by atomic mass is 10.2. The number of benzene rings is 2. The third kappa shape index (κ3) is 3.31. The van der Waals surface area contributed by atoms with E-state index in [-0.39, 0.29) is 12.4 Å². The fourth-order valence-corrected chi connectivity index (χ4v) is 3.23. The van der Waals surface area contributed by atoms with Gasteiger partial charge in [0.05, 0.1) is 0 Å². The fraction of sp³-hybridized carbons (Fsp3) is 0.111. The molecule has 25 heavy (non-hydrogen) atoms. The molecule has 0 unspecified atom stereocenters. The summed E-state index contributed by atoms with van der Waals surface area (Å²) in [6, 6.07) is 20.0. The molecule has 0 bridgehead atoms. The van der Waals surface area contributed by atoms with Gasteiger partial charge in [0.15, 0.2) is 0 Å². The van der Waals surface area contributed by atoms with Crippen LogP contribution in [0.5, 0.6) is 0 Å². The van der Waals surface area contributed by atoms with Gasteiger partial charge in [0, 0.05) is 15.5 Å². The Bertz CT molecular complexity index is 960. The van der Waals surface area contributed by atoms with E-state index in [0.717, 1.165) is 22.1 Å². The van der Waals surface area contributed by atoms with Gasteiger partial charge in [0.2, 0.25) is 0 Å². The van der Waals surface area contributed by atoms with Crippen molar-refractivity contribution in [3.8, 4) is 22.2 Å². The van der Waals surface area contributed by atoms with Crippen molar-refractivity contribution in [1.29, 1.82) is 0 Å². The highest BCUT2D eigenvalue weighted by atomic mass is 35.5. The Labute approximate surface area is 156 Å². The first-order chi connectivity index (χ1) is 11.7. The summed E-state index contributed by atoms with van der Waals surface area (Å²) in [5.74, 6) is 0.671. The number of nitrogens with zero attached hydrogens (tertiary/aromatic N) is 5. The van der Waals surface area contributed by atoms with Gasteiger partial charge in [-0.05, 0) is 52.8 Å². The average Bonchev–Trinajstić information content (AvgIpc) is 3.21. The first kappa shape index (κ1) is 17.3. The molecule has 2 aromatic carbocycles. The minimum absolute atomic E-state index is 0. The van der Waals surface area contributed by atoms with Crippen molar-refractivity contribution in [2.24, 2.45) is 0 Å². The van der Waals surface area contributed by atoms with Crippen LogP contribution in [0.15, 0.2) is 60.7 Å². The van der Waals surface area contributed by atoms with Crippen molar-refractivity contribution in [1.82, 2.24) is 20.0 Å². The Morgan fingerprint density at radius 2 is 1.56 bits per heavy atom. The molecular weight excluding hydrogens is 354 g/mol. The zero-order valence-corrected chi connectivity index (χ0v) is 15.4. The summed E-state index contributed by atoms with van der Waals surface area (Å²) < 4.78 is 0. The van der Waals surface area contributed by atoms with Gasteiger partial charge in [0.25, 0.3) is 5.82 Å². The molecule has 0 saturated carbocycles. The summed E-state index contributed by atoms with van der Waals surface area (Å²) in [5, 5.41) is 10.2. The third-order valence-electron chi connectivity index (χ3n) is 3.77. The lowest BCUT2D eigenvalue weighted by molar-refractivity contribution is -0.734.